The van der Waals surface area contributed by atoms with Crippen LogP contribution >= 0.6 is 0 Å². The fraction of sp³-hybridized carbons (Fsp3) is 0.625. The Bertz CT molecular complexity index is 374. The number of rotatable bonds is 5. The fourth-order valence-electron chi connectivity index (χ4n) is 2.75. The lowest BCUT2D eigenvalue weighted by Gasteiger charge is -2.51. The van der Waals surface area contributed by atoms with E-state index in [1.165, 1.54) is 12.0 Å². The van der Waals surface area contributed by atoms with Crippen LogP contribution in [0.3, 0.4) is 0 Å². The van der Waals surface area contributed by atoms with E-state index in [1.807, 2.05) is 0 Å². The Kier molecular flexibility index (Phi) is 4.08. The third-order valence-electron chi connectivity index (χ3n) is 4.40. The normalized spacial score (nSPS) is 27.6. The van der Waals surface area contributed by atoms with Crippen molar-refractivity contribution in [3.63, 3.8) is 0 Å². The average molecular weight is 247 g/mol. The van der Waals surface area contributed by atoms with Crippen LogP contribution in [0, 0.1) is 5.41 Å². The minimum atomic E-state index is -0.159. The summed E-state index contributed by atoms with van der Waals surface area (Å²) in [4.78, 5) is 0. The number of benzene rings is 1. The van der Waals surface area contributed by atoms with Crippen LogP contribution in [0.2, 0.25) is 0 Å². The van der Waals surface area contributed by atoms with E-state index in [0.717, 1.165) is 12.8 Å². The zero-order valence-electron chi connectivity index (χ0n) is 11.7. The topological polar surface area (TPSA) is 32.3 Å². The van der Waals surface area contributed by atoms with Gasteiger partial charge in [0.05, 0.1) is 6.10 Å². The molecule has 3 atom stereocenters. The second-order valence-electron chi connectivity index (χ2n) is 6.04. The Morgan fingerprint density at radius 3 is 2.50 bits per heavy atom. The maximum atomic E-state index is 9.82. The summed E-state index contributed by atoms with van der Waals surface area (Å²) in [6, 6.07) is 11.5. The lowest BCUT2D eigenvalue weighted by atomic mass is 9.64. The summed E-state index contributed by atoms with van der Waals surface area (Å²) in [5.41, 5.74) is 1.36. The predicted molar refractivity (Wildman–Crippen MR) is 75.4 cm³/mol. The van der Waals surface area contributed by atoms with Gasteiger partial charge in [0.25, 0.3) is 0 Å². The molecule has 18 heavy (non-hydrogen) atoms. The van der Waals surface area contributed by atoms with Crippen molar-refractivity contribution in [1.82, 2.24) is 5.32 Å². The summed E-state index contributed by atoms with van der Waals surface area (Å²) < 4.78 is 0. The molecule has 1 aliphatic rings. The van der Waals surface area contributed by atoms with Gasteiger partial charge in [-0.3, -0.25) is 0 Å². The number of hydrogen-bond donors (Lipinski definition) is 2. The molecule has 100 valence electrons. The lowest BCUT2D eigenvalue weighted by Crippen LogP contribution is -2.60. The van der Waals surface area contributed by atoms with E-state index in [-0.39, 0.29) is 11.5 Å². The number of hydrogen-bond acceptors (Lipinski definition) is 2. The van der Waals surface area contributed by atoms with Crippen molar-refractivity contribution in [1.29, 1.82) is 0 Å². The summed E-state index contributed by atoms with van der Waals surface area (Å²) in [6.45, 7) is 6.51. The van der Waals surface area contributed by atoms with Crippen molar-refractivity contribution in [2.24, 2.45) is 5.41 Å². The first-order valence-electron chi connectivity index (χ1n) is 7.04. The molecule has 1 fully saturated rings. The molecule has 1 aromatic carbocycles. The molecule has 0 amide bonds. The minimum Gasteiger partial charge on any atom is -0.392 e. The van der Waals surface area contributed by atoms with Crippen molar-refractivity contribution < 1.29 is 5.11 Å². The quantitative estimate of drug-likeness (QED) is 0.837. The Labute approximate surface area is 110 Å². The summed E-state index contributed by atoms with van der Waals surface area (Å²) in [7, 11) is 0. The van der Waals surface area contributed by atoms with Crippen LogP contribution in [0.15, 0.2) is 30.3 Å². The third kappa shape index (κ3) is 2.60. The third-order valence-corrected chi connectivity index (χ3v) is 4.40. The van der Waals surface area contributed by atoms with E-state index in [4.69, 9.17) is 0 Å². The minimum absolute atomic E-state index is 0.000766. The molecular weight excluding hydrogens is 222 g/mol. The van der Waals surface area contributed by atoms with Gasteiger partial charge in [-0.1, -0.05) is 57.5 Å². The molecule has 2 rings (SSSR count). The second-order valence-corrected chi connectivity index (χ2v) is 6.04. The SMILES string of the molecule is CCCC(NC1CC(O)C1(C)C)c1ccccc1. The van der Waals surface area contributed by atoms with Crippen LogP contribution in [0.1, 0.15) is 51.6 Å². The molecule has 3 unspecified atom stereocenters. The molecule has 0 spiro atoms. The van der Waals surface area contributed by atoms with Gasteiger partial charge < -0.3 is 10.4 Å². The number of aliphatic hydroxyl groups excluding tert-OH is 1. The molecule has 0 saturated heterocycles. The maximum Gasteiger partial charge on any atom is 0.0621 e. The molecule has 2 heteroatoms. The van der Waals surface area contributed by atoms with Gasteiger partial charge in [-0.15, -0.1) is 0 Å². The van der Waals surface area contributed by atoms with Gasteiger partial charge in [0, 0.05) is 17.5 Å². The van der Waals surface area contributed by atoms with Crippen LogP contribution in [0.4, 0.5) is 0 Å². The predicted octanol–water partition coefficient (Wildman–Crippen LogP) is 3.28. The zero-order chi connectivity index (χ0) is 13.2. The average Bonchev–Trinajstić information content (AvgIpc) is 2.38. The summed E-state index contributed by atoms with van der Waals surface area (Å²) >= 11 is 0. The van der Waals surface area contributed by atoms with Gasteiger partial charge in [-0.25, -0.2) is 0 Å². The summed E-state index contributed by atoms with van der Waals surface area (Å²) in [5, 5.41) is 13.6. The molecular formula is C16H25NO. The maximum absolute atomic E-state index is 9.82. The Hall–Kier alpha value is -0.860. The standard InChI is InChI=1S/C16H25NO/c1-4-8-13(12-9-6-5-7-10-12)17-14-11-15(18)16(14,2)3/h5-7,9-10,13-15,17-18H,4,8,11H2,1-3H3. The molecule has 1 aliphatic carbocycles. The smallest absolute Gasteiger partial charge is 0.0621 e. The van der Waals surface area contributed by atoms with Crippen molar-refractivity contribution >= 4 is 0 Å². The highest BCUT2D eigenvalue weighted by molar-refractivity contribution is 5.19. The first kappa shape index (κ1) is 13.6. The van der Waals surface area contributed by atoms with E-state index in [1.54, 1.807) is 0 Å². The highest BCUT2D eigenvalue weighted by atomic mass is 16.3. The molecule has 0 heterocycles. The molecule has 0 aromatic heterocycles. The first-order valence-corrected chi connectivity index (χ1v) is 7.04. The summed E-state index contributed by atoms with van der Waals surface area (Å²) in [6.07, 6.45) is 3.03. The summed E-state index contributed by atoms with van der Waals surface area (Å²) in [5.74, 6) is 0. The van der Waals surface area contributed by atoms with E-state index in [0.29, 0.717) is 12.1 Å². The molecule has 1 aromatic rings. The van der Waals surface area contributed by atoms with Crippen molar-refractivity contribution in [2.75, 3.05) is 0 Å². The van der Waals surface area contributed by atoms with Crippen LogP contribution < -0.4 is 5.32 Å². The van der Waals surface area contributed by atoms with Crippen molar-refractivity contribution in [3.8, 4) is 0 Å². The van der Waals surface area contributed by atoms with E-state index in [2.05, 4.69) is 56.4 Å². The molecule has 0 bridgehead atoms. The second kappa shape index (κ2) is 5.41. The van der Waals surface area contributed by atoms with Crippen molar-refractivity contribution in [2.45, 2.75) is 58.2 Å². The largest absolute Gasteiger partial charge is 0.392 e. The fourth-order valence-corrected chi connectivity index (χ4v) is 2.75. The van der Waals surface area contributed by atoms with Gasteiger partial charge in [0.2, 0.25) is 0 Å². The van der Waals surface area contributed by atoms with E-state index >= 15 is 0 Å². The van der Waals surface area contributed by atoms with E-state index in [9.17, 15) is 5.11 Å². The Morgan fingerprint density at radius 1 is 1.33 bits per heavy atom. The first-order chi connectivity index (χ1) is 8.55. The van der Waals surface area contributed by atoms with Gasteiger partial charge in [0.1, 0.15) is 0 Å². The number of aliphatic hydroxyl groups is 1. The Balaban J connectivity index is 2.04. The van der Waals surface area contributed by atoms with E-state index < -0.39 is 0 Å². The molecule has 2 N–H and O–H groups in total. The van der Waals surface area contributed by atoms with Crippen molar-refractivity contribution in [3.05, 3.63) is 35.9 Å². The molecule has 2 nitrogen and oxygen atoms in total. The van der Waals surface area contributed by atoms with Crippen LogP contribution in [-0.2, 0) is 0 Å². The zero-order valence-corrected chi connectivity index (χ0v) is 11.7. The number of nitrogens with one attached hydrogen (secondary N) is 1. The van der Waals surface area contributed by atoms with Gasteiger partial charge in [0.15, 0.2) is 0 Å². The molecule has 0 radical (unpaired) electrons. The molecule has 0 aliphatic heterocycles. The van der Waals surface area contributed by atoms with Crippen LogP contribution in [-0.4, -0.2) is 17.3 Å². The van der Waals surface area contributed by atoms with Gasteiger partial charge >= 0.3 is 0 Å². The lowest BCUT2D eigenvalue weighted by molar-refractivity contribution is -0.0763. The highest BCUT2D eigenvalue weighted by Gasteiger charge is 2.47. The highest BCUT2D eigenvalue weighted by Crippen LogP contribution is 2.41. The van der Waals surface area contributed by atoms with Crippen LogP contribution in [0.5, 0.6) is 0 Å². The van der Waals surface area contributed by atoms with Gasteiger partial charge in [-0.05, 0) is 18.4 Å². The molecule has 1 saturated carbocycles. The monoisotopic (exact) mass is 247 g/mol. The van der Waals surface area contributed by atoms with Gasteiger partial charge in [-0.2, -0.15) is 0 Å². The Morgan fingerprint density at radius 2 is 2.00 bits per heavy atom. The van der Waals surface area contributed by atoms with Crippen LogP contribution in [0.25, 0.3) is 0 Å².